The van der Waals surface area contributed by atoms with Gasteiger partial charge in [0.05, 0.1) is 5.52 Å². The number of benzene rings is 2. The quantitative estimate of drug-likeness (QED) is 0.577. The Bertz CT molecular complexity index is 755. The molecule has 0 saturated heterocycles. The Balaban J connectivity index is 2.05. The number of pyridine rings is 1. The van der Waals surface area contributed by atoms with Gasteiger partial charge in [-0.15, -0.1) is 0 Å². The number of hydrogen-bond acceptors (Lipinski definition) is 2. The molecule has 4 heteroatoms. The highest BCUT2D eigenvalue weighted by Gasteiger charge is 2.08. The number of rotatable bonds is 3. The summed E-state index contributed by atoms with van der Waals surface area (Å²) < 4.78 is 6.04. The molecular formula is C16H11BrClNO. The van der Waals surface area contributed by atoms with Crippen LogP contribution in [0, 0.1) is 0 Å². The summed E-state index contributed by atoms with van der Waals surface area (Å²) in [5, 5.41) is 2.38. The van der Waals surface area contributed by atoms with Gasteiger partial charge in [-0.3, -0.25) is 4.98 Å². The Hall–Kier alpha value is -1.58. The monoisotopic (exact) mass is 347 g/mol. The largest absolute Gasteiger partial charge is 0.456 e. The lowest BCUT2D eigenvalue weighted by Crippen LogP contribution is -1.91. The zero-order valence-corrected chi connectivity index (χ0v) is 12.9. The predicted molar refractivity (Wildman–Crippen MR) is 85.9 cm³/mol. The van der Waals surface area contributed by atoms with Gasteiger partial charge < -0.3 is 4.74 Å². The van der Waals surface area contributed by atoms with Crippen LogP contribution in [0.5, 0.6) is 11.5 Å². The molecule has 0 unspecified atom stereocenters. The van der Waals surface area contributed by atoms with Crippen molar-refractivity contribution < 1.29 is 4.74 Å². The fraction of sp³-hybridized carbons (Fsp3) is 0.0625. The second kappa shape index (κ2) is 5.81. The summed E-state index contributed by atoms with van der Waals surface area (Å²) in [6.07, 6.45) is 1.78. The van der Waals surface area contributed by atoms with Crippen molar-refractivity contribution in [2.24, 2.45) is 0 Å². The Morgan fingerprint density at radius 1 is 1.05 bits per heavy atom. The second-order valence-electron chi connectivity index (χ2n) is 4.31. The molecule has 20 heavy (non-hydrogen) atoms. The number of nitrogens with zero attached hydrogens (tertiary/aromatic N) is 1. The molecule has 0 N–H and O–H groups in total. The molecule has 1 aromatic heterocycles. The molecule has 0 aliphatic heterocycles. The van der Waals surface area contributed by atoms with E-state index in [4.69, 9.17) is 16.3 Å². The third-order valence-corrected chi connectivity index (χ3v) is 3.83. The minimum Gasteiger partial charge on any atom is -0.456 e. The van der Waals surface area contributed by atoms with E-state index >= 15 is 0 Å². The van der Waals surface area contributed by atoms with E-state index in [1.54, 1.807) is 6.20 Å². The van der Waals surface area contributed by atoms with E-state index in [0.717, 1.165) is 28.0 Å². The molecule has 0 aliphatic rings. The maximum absolute atomic E-state index is 6.04. The Kier molecular flexibility index (Phi) is 3.90. The van der Waals surface area contributed by atoms with Crippen molar-refractivity contribution in [1.82, 2.24) is 4.98 Å². The third kappa shape index (κ3) is 2.65. The van der Waals surface area contributed by atoms with Crippen molar-refractivity contribution in [3.63, 3.8) is 0 Å². The van der Waals surface area contributed by atoms with Gasteiger partial charge in [-0.25, -0.2) is 0 Å². The second-order valence-corrected chi connectivity index (χ2v) is 5.31. The van der Waals surface area contributed by atoms with Crippen molar-refractivity contribution in [3.05, 3.63) is 65.3 Å². The molecule has 0 fully saturated rings. The lowest BCUT2D eigenvalue weighted by molar-refractivity contribution is 0.484. The first-order valence-electron chi connectivity index (χ1n) is 6.14. The standard InChI is InChI=1S/C16H11BrClNO/c17-10-11-9-12(18)6-7-15(11)20-16-5-1-4-14-13(16)3-2-8-19-14/h1-9H,10H2. The first kappa shape index (κ1) is 13.4. The fourth-order valence-corrected chi connectivity index (χ4v) is 2.67. The minimum atomic E-state index is 0.686. The van der Waals surface area contributed by atoms with Gasteiger partial charge >= 0.3 is 0 Å². The maximum Gasteiger partial charge on any atom is 0.136 e. The Labute approximate surface area is 130 Å². The third-order valence-electron chi connectivity index (χ3n) is 2.99. The van der Waals surface area contributed by atoms with Crippen LogP contribution in [0.15, 0.2) is 54.7 Å². The van der Waals surface area contributed by atoms with Gasteiger partial charge in [0.15, 0.2) is 0 Å². The molecule has 3 aromatic rings. The fourth-order valence-electron chi connectivity index (χ4n) is 2.03. The van der Waals surface area contributed by atoms with Crippen LogP contribution in [0.4, 0.5) is 0 Å². The molecule has 2 nitrogen and oxygen atoms in total. The summed E-state index contributed by atoms with van der Waals surface area (Å²) >= 11 is 9.46. The molecule has 1 heterocycles. The SMILES string of the molecule is Clc1ccc(Oc2cccc3ncccc23)c(CBr)c1. The average Bonchev–Trinajstić information content (AvgIpc) is 2.49. The first-order valence-corrected chi connectivity index (χ1v) is 7.64. The summed E-state index contributed by atoms with van der Waals surface area (Å²) in [6.45, 7) is 0. The first-order chi connectivity index (χ1) is 9.78. The van der Waals surface area contributed by atoms with Crippen molar-refractivity contribution in [2.75, 3.05) is 0 Å². The predicted octanol–water partition coefficient (Wildman–Crippen LogP) is 5.58. The van der Waals surface area contributed by atoms with Crippen LogP contribution in [0.25, 0.3) is 10.9 Å². The van der Waals surface area contributed by atoms with Crippen molar-refractivity contribution >= 4 is 38.4 Å². The van der Waals surface area contributed by atoms with E-state index in [1.807, 2.05) is 48.5 Å². The Morgan fingerprint density at radius 3 is 2.80 bits per heavy atom. The van der Waals surface area contributed by atoms with Gasteiger partial charge in [0.1, 0.15) is 11.5 Å². The van der Waals surface area contributed by atoms with E-state index in [-0.39, 0.29) is 0 Å². The lowest BCUT2D eigenvalue weighted by atomic mass is 10.2. The number of halogens is 2. The normalized spacial score (nSPS) is 10.7. The summed E-state index contributed by atoms with van der Waals surface area (Å²) in [4.78, 5) is 4.33. The number of hydrogen-bond donors (Lipinski definition) is 0. The van der Waals surface area contributed by atoms with Gasteiger partial charge in [0, 0.05) is 27.5 Å². The van der Waals surface area contributed by atoms with Crippen LogP contribution in [0.2, 0.25) is 5.02 Å². The summed E-state index contributed by atoms with van der Waals surface area (Å²) in [5.41, 5.74) is 1.93. The molecule has 0 radical (unpaired) electrons. The zero-order valence-electron chi connectivity index (χ0n) is 10.5. The Morgan fingerprint density at radius 2 is 1.95 bits per heavy atom. The van der Waals surface area contributed by atoms with Crippen LogP contribution in [0.1, 0.15) is 5.56 Å². The number of alkyl halides is 1. The minimum absolute atomic E-state index is 0.686. The molecule has 0 spiro atoms. The molecule has 0 atom stereocenters. The van der Waals surface area contributed by atoms with E-state index in [2.05, 4.69) is 20.9 Å². The highest BCUT2D eigenvalue weighted by molar-refractivity contribution is 9.08. The van der Waals surface area contributed by atoms with E-state index in [9.17, 15) is 0 Å². The van der Waals surface area contributed by atoms with Crippen LogP contribution < -0.4 is 4.74 Å². The number of ether oxygens (including phenoxy) is 1. The van der Waals surface area contributed by atoms with Gasteiger partial charge in [0.25, 0.3) is 0 Å². The average molecular weight is 349 g/mol. The summed E-state index contributed by atoms with van der Waals surface area (Å²) in [5.74, 6) is 1.59. The van der Waals surface area contributed by atoms with E-state index < -0.39 is 0 Å². The number of aromatic nitrogens is 1. The van der Waals surface area contributed by atoms with Gasteiger partial charge in [-0.2, -0.15) is 0 Å². The zero-order chi connectivity index (χ0) is 13.9. The molecule has 3 rings (SSSR count). The smallest absolute Gasteiger partial charge is 0.136 e. The van der Waals surface area contributed by atoms with E-state index in [1.165, 1.54) is 0 Å². The molecule has 100 valence electrons. The molecule has 0 saturated carbocycles. The summed E-state index contributed by atoms with van der Waals surface area (Å²) in [6, 6.07) is 15.4. The summed E-state index contributed by atoms with van der Waals surface area (Å²) in [7, 11) is 0. The molecule has 0 aliphatic carbocycles. The highest BCUT2D eigenvalue weighted by Crippen LogP contribution is 2.32. The molecule has 0 bridgehead atoms. The van der Waals surface area contributed by atoms with E-state index in [0.29, 0.717) is 10.4 Å². The van der Waals surface area contributed by atoms with Crippen molar-refractivity contribution in [2.45, 2.75) is 5.33 Å². The van der Waals surface area contributed by atoms with Gasteiger partial charge in [-0.1, -0.05) is 33.6 Å². The van der Waals surface area contributed by atoms with Crippen LogP contribution in [0.3, 0.4) is 0 Å². The molecular weight excluding hydrogens is 338 g/mol. The van der Waals surface area contributed by atoms with Crippen LogP contribution >= 0.6 is 27.5 Å². The van der Waals surface area contributed by atoms with Crippen LogP contribution in [-0.4, -0.2) is 4.98 Å². The molecule has 2 aromatic carbocycles. The van der Waals surface area contributed by atoms with Gasteiger partial charge in [-0.05, 0) is 42.5 Å². The number of fused-ring (bicyclic) bond motifs is 1. The topological polar surface area (TPSA) is 22.1 Å². The van der Waals surface area contributed by atoms with Crippen LogP contribution in [-0.2, 0) is 5.33 Å². The van der Waals surface area contributed by atoms with Gasteiger partial charge in [0.2, 0.25) is 0 Å². The van der Waals surface area contributed by atoms with Crippen molar-refractivity contribution in [1.29, 1.82) is 0 Å². The lowest BCUT2D eigenvalue weighted by Gasteiger charge is -2.11. The highest BCUT2D eigenvalue weighted by atomic mass is 79.9. The van der Waals surface area contributed by atoms with Crippen molar-refractivity contribution in [3.8, 4) is 11.5 Å². The maximum atomic E-state index is 6.04. The molecule has 0 amide bonds.